The van der Waals surface area contributed by atoms with E-state index in [1.807, 2.05) is 32.0 Å². The van der Waals surface area contributed by atoms with Crippen LogP contribution in [0.5, 0.6) is 0 Å². The van der Waals surface area contributed by atoms with Crippen LogP contribution >= 0.6 is 0 Å². The van der Waals surface area contributed by atoms with E-state index < -0.39 is 11.9 Å². The molecule has 0 aliphatic heterocycles. The largest absolute Gasteiger partial charge is 0.465 e. The Labute approximate surface area is 162 Å². The van der Waals surface area contributed by atoms with Crippen molar-refractivity contribution < 1.29 is 14.3 Å². The molecule has 28 heavy (non-hydrogen) atoms. The highest BCUT2D eigenvalue weighted by Crippen LogP contribution is 2.20. The standard InChI is InChI=1S/C21H20N4O3/c1-13-7-8-14(2)17(9-13)25-19-12-22-18(11-23-19)20(26)24-16-6-4-5-15(10-16)21(27)28-3/h4-12H,1-3H3,(H,23,25)(H,24,26). The maximum Gasteiger partial charge on any atom is 0.337 e. The van der Waals surface area contributed by atoms with Gasteiger partial charge in [0.1, 0.15) is 11.5 Å². The number of rotatable bonds is 5. The Morgan fingerprint density at radius 3 is 2.54 bits per heavy atom. The first-order chi connectivity index (χ1) is 13.5. The predicted molar refractivity (Wildman–Crippen MR) is 107 cm³/mol. The zero-order valence-corrected chi connectivity index (χ0v) is 15.8. The van der Waals surface area contributed by atoms with E-state index >= 15 is 0 Å². The van der Waals surface area contributed by atoms with Crippen molar-refractivity contribution in [2.75, 3.05) is 17.7 Å². The van der Waals surface area contributed by atoms with E-state index in [1.54, 1.807) is 18.2 Å². The van der Waals surface area contributed by atoms with Crippen molar-refractivity contribution in [2.24, 2.45) is 0 Å². The minimum Gasteiger partial charge on any atom is -0.465 e. The number of carbonyl (C=O) groups is 2. The summed E-state index contributed by atoms with van der Waals surface area (Å²) in [7, 11) is 1.30. The topological polar surface area (TPSA) is 93.2 Å². The van der Waals surface area contributed by atoms with Crippen LogP contribution in [0.2, 0.25) is 0 Å². The van der Waals surface area contributed by atoms with E-state index in [2.05, 4.69) is 25.3 Å². The molecule has 142 valence electrons. The molecule has 1 amide bonds. The third kappa shape index (κ3) is 4.50. The number of aryl methyl sites for hydroxylation is 2. The summed E-state index contributed by atoms with van der Waals surface area (Å²) < 4.78 is 4.68. The Morgan fingerprint density at radius 1 is 1.00 bits per heavy atom. The maximum atomic E-state index is 12.4. The molecule has 7 heteroatoms. The van der Waals surface area contributed by atoms with Gasteiger partial charge in [-0.05, 0) is 49.2 Å². The number of methoxy groups -OCH3 is 1. The SMILES string of the molecule is COC(=O)c1cccc(NC(=O)c2cnc(Nc3cc(C)ccc3C)cn2)c1. The average Bonchev–Trinajstić information content (AvgIpc) is 2.71. The lowest BCUT2D eigenvalue weighted by molar-refractivity contribution is 0.0600. The molecule has 0 radical (unpaired) electrons. The summed E-state index contributed by atoms with van der Waals surface area (Å²) in [5, 5.41) is 5.89. The molecule has 0 aliphatic carbocycles. The first kappa shape index (κ1) is 19.0. The van der Waals surface area contributed by atoms with Crippen molar-refractivity contribution in [1.82, 2.24) is 9.97 Å². The van der Waals surface area contributed by atoms with E-state index in [-0.39, 0.29) is 5.69 Å². The number of benzene rings is 2. The molecule has 0 spiro atoms. The van der Waals surface area contributed by atoms with Crippen LogP contribution < -0.4 is 10.6 Å². The zero-order chi connectivity index (χ0) is 20.1. The molecule has 0 bridgehead atoms. The number of anilines is 3. The highest BCUT2D eigenvalue weighted by atomic mass is 16.5. The predicted octanol–water partition coefficient (Wildman–Crippen LogP) is 3.88. The quantitative estimate of drug-likeness (QED) is 0.657. The van der Waals surface area contributed by atoms with Crippen LogP contribution in [0.15, 0.2) is 54.9 Å². The van der Waals surface area contributed by atoms with Gasteiger partial charge in [0, 0.05) is 11.4 Å². The van der Waals surface area contributed by atoms with Gasteiger partial charge in [-0.3, -0.25) is 4.79 Å². The molecular formula is C21H20N4O3. The highest BCUT2D eigenvalue weighted by Gasteiger charge is 2.11. The molecule has 3 rings (SSSR count). The molecule has 2 aromatic carbocycles. The fourth-order valence-electron chi connectivity index (χ4n) is 2.56. The van der Waals surface area contributed by atoms with Crippen LogP contribution in [-0.2, 0) is 4.74 Å². The Hall–Kier alpha value is -3.74. The molecule has 0 atom stereocenters. The first-order valence-corrected chi connectivity index (χ1v) is 8.62. The lowest BCUT2D eigenvalue weighted by atomic mass is 10.1. The van der Waals surface area contributed by atoms with E-state index in [4.69, 9.17) is 0 Å². The van der Waals surface area contributed by atoms with Gasteiger partial charge in [0.2, 0.25) is 0 Å². The molecule has 0 saturated carbocycles. The van der Waals surface area contributed by atoms with Gasteiger partial charge in [-0.15, -0.1) is 0 Å². The molecular weight excluding hydrogens is 356 g/mol. The summed E-state index contributed by atoms with van der Waals surface area (Å²) in [6.07, 6.45) is 2.90. The third-order valence-electron chi connectivity index (χ3n) is 4.08. The van der Waals surface area contributed by atoms with Gasteiger partial charge in [0.25, 0.3) is 5.91 Å². The van der Waals surface area contributed by atoms with Gasteiger partial charge in [0.15, 0.2) is 0 Å². The number of nitrogens with one attached hydrogen (secondary N) is 2. The van der Waals surface area contributed by atoms with E-state index in [0.717, 1.165) is 16.8 Å². The summed E-state index contributed by atoms with van der Waals surface area (Å²) in [4.78, 5) is 32.4. The lowest BCUT2D eigenvalue weighted by Crippen LogP contribution is -2.15. The van der Waals surface area contributed by atoms with Crippen LogP contribution in [0, 0.1) is 13.8 Å². The average molecular weight is 376 g/mol. The van der Waals surface area contributed by atoms with Crippen molar-refractivity contribution in [3.8, 4) is 0 Å². The van der Waals surface area contributed by atoms with Crippen molar-refractivity contribution in [2.45, 2.75) is 13.8 Å². The molecule has 7 nitrogen and oxygen atoms in total. The monoisotopic (exact) mass is 376 g/mol. The van der Waals surface area contributed by atoms with Crippen LogP contribution in [-0.4, -0.2) is 29.0 Å². The minimum atomic E-state index is -0.474. The number of hydrogen-bond acceptors (Lipinski definition) is 6. The molecule has 3 aromatic rings. The van der Waals surface area contributed by atoms with Gasteiger partial charge >= 0.3 is 5.97 Å². The fraction of sp³-hybridized carbons (Fsp3) is 0.143. The van der Waals surface area contributed by atoms with E-state index in [0.29, 0.717) is 17.1 Å². The zero-order valence-electron chi connectivity index (χ0n) is 15.8. The maximum absolute atomic E-state index is 12.4. The summed E-state index contributed by atoms with van der Waals surface area (Å²) in [5.74, 6) is -0.358. The molecule has 0 saturated heterocycles. The lowest BCUT2D eigenvalue weighted by Gasteiger charge is -2.10. The van der Waals surface area contributed by atoms with Crippen LogP contribution in [0.1, 0.15) is 32.0 Å². The van der Waals surface area contributed by atoms with Gasteiger partial charge in [-0.25, -0.2) is 14.8 Å². The Morgan fingerprint density at radius 2 is 1.82 bits per heavy atom. The Kier molecular flexibility index (Phi) is 5.64. The number of nitrogens with zero attached hydrogens (tertiary/aromatic N) is 2. The summed E-state index contributed by atoms with van der Waals surface area (Å²) in [5.41, 5.74) is 4.12. The minimum absolute atomic E-state index is 0.162. The molecule has 1 aromatic heterocycles. The normalized spacial score (nSPS) is 10.2. The van der Waals surface area contributed by atoms with Crippen molar-refractivity contribution in [1.29, 1.82) is 0 Å². The Bertz CT molecular complexity index is 1020. The number of aromatic nitrogens is 2. The van der Waals surface area contributed by atoms with Gasteiger partial charge in [-0.1, -0.05) is 18.2 Å². The Balaban J connectivity index is 1.70. The van der Waals surface area contributed by atoms with Crippen molar-refractivity contribution >= 4 is 29.1 Å². The smallest absolute Gasteiger partial charge is 0.337 e. The molecule has 2 N–H and O–H groups in total. The van der Waals surface area contributed by atoms with Crippen molar-refractivity contribution in [3.05, 3.63) is 77.2 Å². The van der Waals surface area contributed by atoms with Crippen molar-refractivity contribution in [3.63, 3.8) is 0 Å². The second-order valence-electron chi connectivity index (χ2n) is 6.26. The number of amides is 1. The second-order valence-corrected chi connectivity index (χ2v) is 6.26. The number of carbonyl (C=O) groups excluding carboxylic acids is 2. The fourth-order valence-corrected chi connectivity index (χ4v) is 2.56. The third-order valence-corrected chi connectivity index (χ3v) is 4.08. The van der Waals surface area contributed by atoms with Gasteiger partial charge < -0.3 is 15.4 Å². The number of ether oxygens (including phenoxy) is 1. The van der Waals surface area contributed by atoms with Gasteiger partial charge in [0.05, 0.1) is 25.1 Å². The molecule has 0 fully saturated rings. The summed E-state index contributed by atoms with van der Waals surface area (Å²) in [6.45, 7) is 4.01. The van der Waals surface area contributed by atoms with Crippen LogP contribution in [0.4, 0.5) is 17.2 Å². The molecule has 0 aliphatic rings. The van der Waals surface area contributed by atoms with E-state index in [1.165, 1.54) is 25.6 Å². The summed E-state index contributed by atoms with van der Waals surface area (Å²) >= 11 is 0. The summed E-state index contributed by atoms with van der Waals surface area (Å²) in [6, 6.07) is 12.6. The van der Waals surface area contributed by atoms with E-state index in [9.17, 15) is 9.59 Å². The first-order valence-electron chi connectivity index (χ1n) is 8.62. The molecule has 1 heterocycles. The number of esters is 1. The van der Waals surface area contributed by atoms with Crippen LogP contribution in [0.25, 0.3) is 0 Å². The van der Waals surface area contributed by atoms with Gasteiger partial charge in [-0.2, -0.15) is 0 Å². The number of hydrogen-bond donors (Lipinski definition) is 2. The highest BCUT2D eigenvalue weighted by molar-refractivity contribution is 6.03. The molecule has 0 unspecified atom stereocenters. The van der Waals surface area contributed by atoms with Crippen LogP contribution in [0.3, 0.4) is 0 Å². The second kappa shape index (κ2) is 8.30.